The predicted octanol–water partition coefficient (Wildman–Crippen LogP) is 0.612. The molecule has 0 aliphatic rings. The number of benzene rings is 1. The van der Waals surface area contributed by atoms with Crippen LogP contribution in [0.25, 0.3) is 0 Å². The predicted molar refractivity (Wildman–Crippen MR) is 78.4 cm³/mol. The topological polar surface area (TPSA) is 63.4 Å². The van der Waals surface area contributed by atoms with E-state index in [0.717, 1.165) is 5.56 Å². The quantitative estimate of drug-likeness (QED) is 0.809. The van der Waals surface area contributed by atoms with E-state index in [4.69, 9.17) is 5.73 Å². The van der Waals surface area contributed by atoms with Crippen LogP contribution in [0.2, 0.25) is 0 Å². The van der Waals surface area contributed by atoms with Crippen molar-refractivity contribution in [3.8, 4) is 11.8 Å². The third-order valence-electron chi connectivity index (χ3n) is 2.59. The zero-order valence-corrected chi connectivity index (χ0v) is 12.5. The van der Waals surface area contributed by atoms with Gasteiger partial charge in [-0.15, -0.1) is 0 Å². The second kappa shape index (κ2) is 7.39. The number of nitrogens with zero attached hydrogens (tertiary/aromatic N) is 1. The molecule has 1 aromatic rings. The van der Waals surface area contributed by atoms with Crippen LogP contribution in [0.5, 0.6) is 0 Å². The lowest BCUT2D eigenvalue weighted by atomic mass is 10.1. The Bertz CT molecular complexity index is 618. The largest absolute Gasteiger partial charge is 0.320 e. The average molecular weight is 298 g/mol. The molecule has 4 nitrogen and oxygen atoms in total. The zero-order valence-electron chi connectivity index (χ0n) is 11.7. The van der Waals surface area contributed by atoms with Gasteiger partial charge in [0.05, 0.1) is 12.3 Å². The van der Waals surface area contributed by atoms with Crippen molar-refractivity contribution < 1.29 is 12.8 Å². The zero-order chi connectivity index (χ0) is 15.2. The van der Waals surface area contributed by atoms with E-state index in [1.54, 1.807) is 13.1 Å². The van der Waals surface area contributed by atoms with Gasteiger partial charge in [-0.3, -0.25) is 0 Å². The molecule has 0 fully saturated rings. The van der Waals surface area contributed by atoms with Crippen LogP contribution in [0.15, 0.2) is 18.2 Å². The Balaban J connectivity index is 2.74. The lowest BCUT2D eigenvalue weighted by Crippen LogP contribution is -2.25. The first-order chi connectivity index (χ1) is 9.30. The molecule has 2 N–H and O–H groups in total. The normalized spacial score (nSPS) is 11.2. The first kappa shape index (κ1) is 16.6. The van der Waals surface area contributed by atoms with Crippen molar-refractivity contribution in [3.63, 3.8) is 0 Å². The van der Waals surface area contributed by atoms with Gasteiger partial charge >= 0.3 is 0 Å². The van der Waals surface area contributed by atoms with E-state index in [-0.39, 0.29) is 18.1 Å². The smallest absolute Gasteiger partial charge is 0.148 e. The highest BCUT2D eigenvalue weighted by atomic mass is 32.2. The molecule has 1 rings (SSSR count). The van der Waals surface area contributed by atoms with Crippen molar-refractivity contribution in [2.45, 2.75) is 6.54 Å². The first-order valence-corrected chi connectivity index (χ1v) is 8.21. The summed E-state index contributed by atoms with van der Waals surface area (Å²) in [6, 6.07) is 4.55. The molecular formula is C14H19FN2O2S. The molecule has 0 saturated carbocycles. The summed E-state index contributed by atoms with van der Waals surface area (Å²) in [5.41, 5.74) is 6.60. The summed E-state index contributed by atoms with van der Waals surface area (Å²) in [6.07, 6.45) is 1.20. The van der Waals surface area contributed by atoms with Crippen LogP contribution in [0.4, 0.5) is 4.39 Å². The highest BCUT2D eigenvalue weighted by Gasteiger charge is 2.07. The molecule has 1 aromatic carbocycles. The molecule has 110 valence electrons. The minimum atomic E-state index is -2.99. The minimum Gasteiger partial charge on any atom is -0.320 e. The van der Waals surface area contributed by atoms with E-state index >= 15 is 0 Å². The van der Waals surface area contributed by atoms with Crippen molar-refractivity contribution in [2.75, 3.05) is 32.1 Å². The van der Waals surface area contributed by atoms with Gasteiger partial charge < -0.3 is 10.6 Å². The Kier molecular flexibility index (Phi) is 6.14. The molecule has 0 unspecified atom stereocenters. The van der Waals surface area contributed by atoms with Crippen LogP contribution in [0.3, 0.4) is 0 Å². The summed E-state index contributed by atoms with van der Waals surface area (Å²) >= 11 is 0. The van der Waals surface area contributed by atoms with Gasteiger partial charge in [-0.1, -0.05) is 11.8 Å². The van der Waals surface area contributed by atoms with Gasteiger partial charge in [0.15, 0.2) is 0 Å². The number of hydrogen-bond donors (Lipinski definition) is 1. The van der Waals surface area contributed by atoms with Crippen LogP contribution in [-0.4, -0.2) is 45.5 Å². The lowest BCUT2D eigenvalue weighted by molar-refractivity contribution is 0.345. The highest BCUT2D eigenvalue weighted by Crippen LogP contribution is 2.10. The molecule has 0 atom stereocenters. The van der Waals surface area contributed by atoms with Gasteiger partial charge in [-0.25, -0.2) is 12.8 Å². The second-order valence-corrected chi connectivity index (χ2v) is 6.98. The SMILES string of the molecule is CN(CCS(C)(=O)=O)Cc1cc(F)cc(C#CCN)c1. The first-order valence-electron chi connectivity index (χ1n) is 6.15. The van der Waals surface area contributed by atoms with Gasteiger partial charge in [-0.05, 0) is 30.8 Å². The van der Waals surface area contributed by atoms with Crippen molar-refractivity contribution in [3.05, 3.63) is 35.1 Å². The number of halogens is 1. The third kappa shape index (κ3) is 6.66. The van der Waals surface area contributed by atoms with E-state index in [0.29, 0.717) is 18.7 Å². The van der Waals surface area contributed by atoms with Gasteiger partial charge in [0.1, 0.15) is 15.7 Å². The number of hydrogen-bond acceptors (Lipinski definition) is 4. The van der Waals surface area contributed by atoms with Crippen molar-refractivity contribution >= 4 is 9.84 Å². The summed E-state index contributed by atoms with van der Waals surface area (Å²) in [7, 11) is -1.20. The monoisotopic (exact) mass is 298 g/mol. The molecule has 0 radical (unpaired) electrons. The van der Waals surface area contributed by atoms with Gasteiger partial charge in [0.25, 0.3) is 0 Å². The van der Waals surface area contributed by atoms with E-state index in [9.17, 15) is 12.8 Å². The summed E-state index contributed by atoms with van der Waals surface area (Å²) in [5, 5.41) is 0. The molecule has 0 aliphatic carbocycles. The number of rotatable bonds is 5. The average Bonchev–Trinajstić information content (AvgIpc) is 2.32. The molecule has 6 heteroatoms. The van der Waals surface area contributed by atoms with Crippen LogP contribution in [0.1, 0.15) is 11.1 Å². The van der Waals surface area contributed by atoms with E-state index in [2.05, 4.69) is 11.8 Å². The molecule has 0 spiro atoms. The number of nitrogens with two attached hydrogens (primary N) is 1. The molecule has 0 aliphatic heterocycles. The van der Waals surface area contributed by atoms with Crippen LogP contribution in [-0.2, 0) is 16.4 Å². The summed E-state index contributed by atoms with van der Waals surface area (Å²) in [6.45, 7) is 1.09. The Labute approximate surface area is 119 Å². The van der Waals surface area contributed by atoms with Crippen molar-refractivity contribution in [1.29, 1.82) is 0 Å². The standard InChI is InChI=1S/C14H19FN2O2S/c1-17(6-7-20(2,18)19)11-13-8-12(4-3-5-16)9-14(15)10-13/h8-10H,5-7,11,16H2,1-2H3. The maximum Gasteiger partial charge on any atom is 0.148 e. The van der Waals surface area contributed by atoms with Crippen LogP contribution in [0, 0.1) is 17.7 Å². The van der Waals surface area contributed by atoms with E-state index in [1.165, 1.54) is 18.4 Å². The molecule has 20 heavy (non-hydrogen) atoms. The maximum atomic E-state index is 13.5. The fraction of sp³-hybridized carbons (Fsp3) is 0.429. The Morgan fingerprint density at radius 1 is 1.35 bits per heavy atom. The summed E-state index contributed by atoms with van der Waals surface area (Å²) in [5.74, 6) is 5.18. The van der Waals surface area contributed by atoms with Gasteiger partial charge in [0, 0.05) is 24.9 Å². The molecule has 0 saturated heterocycles. The fourth-order valence-corrected chi connectivity index (χ4v) is 2.32. The van der Waals surface area contributed by atoms with Crippen LogP contribution < -0.4 is 5.73 Å². The molecule has 0 heterocycles. The fourth-order valence-electron chi connectivity index (χ4n) is 1.68. The van der Waals surface area contributed by atoms with E-state index in [1.807, 2.05) is 4.90 Å². The van der Waals surface area contributed by atoms with Gasteiger partial charge in [0.2, 0.25) is 0 Å². The molecular weight excluding hydrogens is 279 g/mol. The van der Waals surface area contributed by atoms with Crippen molar-refractivity contribution in [1.82, 2.24) is 4.90 Å². The summed E-state index contributed by atoms with van der Waals surface area (Å²) in [4.78, 5) is 1.83. The van der Waals surface area contributed by atoms with Gasteiger partial charge in [-0.2, -0.15) is 0 Å². The summed E-state index contributed by atoms with van der Waals surface area (Å²) < 4.78 is 35.7. The Morgan fingerprint density at radius 2 is 2.05 bits per heavy atom. The molecule has 0 amide bonds. The van der Waals surface area contributed by atoms with Crippen molar-refractivity contribution in [2.24, 2.45) is 5.73 Å². The highest BCUT2D eigenvalue weighted by molar-refractivity contribution is 7.90. The lowest BCUT2D eigenvalue weighted by Gasteiger charge is -2.16. The number of sulfone groups is 1. The van der Waals surface area contributed by atoms with E-state index < -0.39 is 9.84 Å². The maximum absolute atomic E-state index is 13.5. The second-order valence-electron chi connectivity index (χ2n) is 4.72. The Hall–Kier alpha value is -1.42. The molecule has 0 aromatic heterocycles. The molecule has 0 bridgehead atoms. The Morgan fingerprint density at radius 3 is 2.65 bits per heavy atom. The third-order valence-corrected chi connectivity index (χ3v) is 3.51. The minimum absolute atomic E-state index is 0.0820. The van der Waals surface area contributed by atoms with Crippen LogP contribution >= 0.6 is 0 Å².